The van der Waals surface area contributed by atoms with Crippen LogP contribution in [0.15, 0.2) is 18.2 Å². The first-order valence-electron chi connectivity index (χ1n) is 4.97. The summed E-state index contributed by atoms with van der Waals surface area (Å²) in [6, 6.07) is 3.34. The Hall–Kier alpha value is -2.02. The van der Waals surface area contributed by atoms with Gasteiger partial charge in [0, 0.05) is 0 Å². The van der Waals surface area contributed by atoms with Gasteiger partial charge >= 0.3 is 0 Å². The molecule has 1 aromatic heterocycles. The number of benzene rings is 1. The van der Waals surface area contributed by atoms with Crippen LogP contribution in [0.2, 0.25) is 0 Å². The van der Waals surface area contributed by atoms with Crippen LogP contribution in [0.5, 0.6) is 0 Å². The molecular weight excluding hydrogens is 260 g/mol. The molecule has 2 rings (SSSR count). The SMILES string of the molecule is Cc1nc(N)sc1C(=O)Nc1c(F)cccc1F. The number of rotatable bonds is 2. The lowest BCUT2D eigenvalue weighted by atomic mass is 10.2. The van der Waals surface area contributed by atoms with Crippen LogP contribution in [0.1, 0.15) is 15.4 Å². The van der Waals surface area contributed by atoms with Crippen LogP contribution in [-0.4, -0.2) is 10.9 Å². The molecule has 1 heterocycles. The Morgan fingerprint density at radius 3 is 2.50 bits per heavy atom. The highest BCUT2D eigenvalue weighted by Gasteiger charge is 2.17. The summed E-state index contributed by atoms with van der Waals surface area (Å²) in [6.07, 6.45) is 0. The number of anilines is 2. The second kappa shape index (κ2) is 4.69. The highest BCUT2D eigenvalue weighted by Crippen LogP contribution is 2.23. The fraction of sp³-hybridized carbons (Fsp3) is 0.0909. The third-order valence-electron chi connectivity index (χ3n) is 2.22. The summed E-state index contributed by atoms with van der Waals surface area (Å²) in [5.41, 5.74) is 5.39. The largest absolute Gasteiger partial charge is 0.375 e. The number of hydrogen-bond donors (Lipinski definition) is 2. The van der Waals surface area contributed by atoms with E-state index in [0.717, 1.165) is 23.5 Å². The molecule has 4 nitrogen and oxygen atoms in total. The summed E-state index contributed by atoms with van der Waals surface area (Å²) >= 11 is 0.963. The fourth-order valence-corrected chi connectivity index (χ4v) is 2.14. The highest BCUT2D eigenvalue weighted by atomic mass is 32.1. The molecule has 0 saturated carbocycles. The quantitative estimate of drug-likeness (QED) is 0.880. The lowest BCUT2D eigenvalue weighted by molar-refractivity contribution is 0.102. The van der Waals surface area contributed by atoms with Crippen molar-refractivity contribution in [3.05, 3.63) is 40.4 Å². The van der Waals surface area contributed by atoms with Crippen LogP contribution < -0.4 is 11.1 Å². The first-order valence-corrected chi connectivity index (χ1v) is 5.79. The second-order valence-corrected chi connectivity index (χ2v) is 4.55. The van der Waals surface area contributed by atoms with Gasteiger partial charge in [0.05, 0.1) is 5.69 Å². The molecule has 0 radical (unpaired) electrons. The van der Waals surface area contributed by atoms with Gasteiger partial charge in [-0.25, -0.2) is 13.8 Å². The number of aromatic nitrogens is 1. The third kappa shape index (κ3) is 2.30. The molecule has 18 heavy (non-hydrogen) atoms. The zero-order chi connectivity index (χ0) is 13.3. The van der Waals surface area contributed by atoms with Gasteiger partial charge in [-0.05, 0) is 19.1 Å². The lowest BCUT2D eigenvalue weighted by Gasteiger charge is -2.06. The van der Waals surface area contributed by atoms with E-state index in [1.807, 2.05) is 0 Å². The Bertz CT molecular complexity index is 592. The van der Waals surface area contributed by atoms with Crippen LogP contribution in [-0.2, 0) is 0 Å². The molecule has 0 fully saturated rings. The molecule has 3 N–H and O–H groups in total. The molecule has 0 unspecified atom stereocenters. The monoisotopic (exact) mass is 269 g/mol. The van der Waals surface area contributed by atoms with E-state index in [1.54, 1.807) is 6.92 Å². The number of halogens is 2. The Kier molecular flexibility index (Phi) is 3.24. The molecule has 0 aliphatic rings. The first-order chi connectivity index (χ1) is 8.49. The van der Waals surface area contributed by atoms with Crippen molar-refractivity contribution >= 4 is 28.1 Å². The minimum absolute atomic E-state index is 0.228. The zero-order valence-corrected chi connectivity index (χ0v) is 10.1. The molecule has 0 spiro atoms. The van der Waals surface area contributed by atoms with Crippen molar-refractivity contribution in [2.45, 2.75) is 6.92 Å². The topological polar surface area (TPSA) is 68.0 Å². The number of nitrogen functional groups attached to an aromatic ring is 1. The molecule has 94 valence electrons. The van der Waals surface area contributed by atoms with Crippen molar-refractivity contribution in [2.24, 2.45) is 0 Å². The first kappa shape index (κ1) is 12.4. The van der Waals surface area contributed by atoms with E-state index in [0.29, 0.717) is 5.69 Å². The zero-order valence-electron chi connectivity index (χ0n) is 9.33. The van der Waals surface area contributed by atoms with Crippen LogP contribution in [0.25, 0.3) is 0 Å². The number of nitrogens with two attached hydrogens (primary N) is 1. The maximum Gasteiger partial charge on any atom is 0.267 e. The van der Waals surface area contributed by atoms with Gasteiger partial charge in [0.2, 0.25) is 0 Å². The van der Waals surface area contributed by atoms with Gasteiger partial charge in [-0.2, -0.15) is 0 Å². The molecule has 7 heteroatoms. The number of carbonyl (C=O) groups is 1. The lowest BCUT2D eigenvalue weighted by Crippen LogP contribution is -2.14. The van der Waals surface area contributed by atoms with E-state index in [9.17, 15) is 13.6 Å². The number of nitrogens with one attached hydrogen (secondary N) is 1. The number of amides is 1. The van der Waals surface area contributed by atoms with Crippen molar-refractivity contribution in [3.63, 3.8) is 0 Å². The summed E-state index contributed by atoms with van der Waals surface area (Å²) < 4.78 is 26.7. The maximum absolute atomic E-state index is 13.3. The van der Waals surface area contributed by atoms with Gasteiger partial charge in [-0.15, -0.1) is 0 Å². The van der Waals surface area contributed by atoms with E-state index in [1.165, 1.54) is 6.07 Å². The number of carbonyl (C=O) groups excluding carboxylic acids is 1. The molecule has 0 aliphatic heterocycles. The standard InChI is InChI=1S/C11H9F2N3OS/c1-5-9(18-11(14)15-5)10(17)16-8-6(12)3-2-4-7(8)13/h2-4H,1H3,(H2,14,15)(H,16,17). The number of hydrogen-bond acceptors (Lipinski definition) is 4. The van der Waals surface area contributed by atoms with Gasteiger partial charge in [0.25, 0.3) is 5.91 Å². The van der Waals surface area contributed by atoms with Gasteiger partial charge in [0.15, 0.2) is 5.13 Å². The molecular formula is C11H9F2N3OS. The summed E-state index contributed by atoms with van der Waals surface area (Å²) in [4.78, 5) is 15.9. The minimum atomic E-state index is -0.835. The summed E-state index contributed by atoms with van der Waals surface area (Å²) in [7, 11) is 0. The Labute approximate surface area is 105 Å². The van der Waals surface area contributed by atoms with Crippen LogP contribution in [0.4, 0.5) is 19.6 Å². The predicted molar refractivity (Wildman–Crippen MR) is 65.6 cm³/mol. The van der Waals surface area contributed by atoms with E-state index in [4.69, 9.17) is 5.73 Å². The normalized spacial score (nSPS) is 10.4. The van der Waals surface area contributed by atoms with Gasteiger partial charge < -0.3 is 11.1 Å². The Balaban J connectivity index is 2.30. The fourth-order valence-electron chi connectivity index (χ4n) is 1.42. The molecule has 0 aliphatic carbocycles. The summed E-state index contributed by atoms with van der Waals surface area (Å²) in [6.45, 7) is 1.60. The van der Waals surface area contributed by atoms with E-state index in [-0.39, 0.29) is 10.0 Å². The number of para-hydroxylation sites is 1. The molecule has 2 aromatic rings. The van der Waals surface area contributed by atoms with Crippen molar-refractivity contribution in [2.75, 3.05) is 11.1 Å². The van der Waals surface area contributed by atoms with Crippen molar-refractivity contribution in [1.29, 1.82) is 0 Å². The van der Waals surface area contributed by atoms with E-state index in [2.05, 4.69) is 10.3 Å². The summed E-state index contributed by atoms with van der Waals surface area (Å²) in [5.74, 6) is -2.30. The Morgan fingerprint density at radius 2 is 2.00 bits per heavy atom. The Morgan fingerprint density at radius 1 is 1.39 bits per heavy atom. The molecule has 0 bridgehead atoms. The van der Waals surface area contributed by atoms with Crippen molar-refractivity contribution < 1.29 is 13.6 Å². The van der Waals surface area contributed by atoms with Gasteiger partial charge in [0.1, 0.15) is 22.2 Å². The summed E-state index contributed by atoms with van der Waals surface area (Å²) in [5, 5.41) is 2.40. The highest BCUT2D eigenvalue weighted by molar-refractivity contribution is 7.17. The van der Waals surface area contributed by atoms with Crippen molar-refractivity contribution in [3.8, 4) is 0 Å². The molecule has 1 amide bonds. The molecule has 1 aromatic carbocycles. The number of aryl methyl sites for hydroxylation is 1. The molecule has 0 saturated heterocycles. The van der Waals surface area contributed by atoms with E-state index < -0.39 is 23.2 Å². The second-order valence-electron chi connectivity index (χ2n) is 3.52. The smallest absolute Gasteiger partial charge is 0.267 e. The third-order valence-corrected chi connectivity index (χ3v) is 3.21. The minimum Gasteiger partial charge on any atom is -0.375 e. The predicted octanol–water partition coefficient (Wildman–Crippen LogP) is 2.56. The number of nitrogens with zero attached hydrogens (tertiary/aromatic N) is 1. The van der Waals surface area contributed by atoms with E-state index >= 15 is 0 Å². The van der Waals surface area contributed by atoms with Crippen LogP contribution in [0, 0.1) is 18.6 Å². The average Bonchev–Trinajstić information content (AvgIpc) is 2.63. The van der Waals surface area contributed by atoms with Crippen molar-refractivity contribution in [1.82, 2.24) is 4.98 Å². The molecule has 0 atom stereocenters. The average molecular weight is 269 g/mol. The van der Waals surface area contributed by atoms with Crippen LogP contribution in [0.3, 0.4) is 0 Å². The maximum atomic E-state index is 13.3. The van der Waals surface area contributed by atoms with Gasteiger partial charge in [-0.3, -0.25) is 4.79 Å². The van der Waals surface area contributed by atoms with Crippen LogP contribution >= 0.6 is 11.3 Å². The van der Waals surface area contributed by atoms with Gasteiger partial charge in [-0.1, -0.05) is 17.4 Å². The number of thiazole rings is 1.